The highest BCUT2D eigenvalue weighted by Gasteiger charge is 2.13. The van der Waals surface area contributed by atoms with Gasteiger partial charge in [0.25, 0.3) is 5.56 Å². The summed E-state index contributed by atoms with van der Waals surface area (Å²) in [7, 11) is 0. The summed E-state index contributed by atoms with van der Waals surface area (Å²) in [5, 5.41) is 7.87. The molecule has 0 aliphatic rings. The summed E-state index contributed by atoms with van der Waals surface area (Å²) in [6, 6.07) is 17.0. The van der Waals surface area contributed by atoms with Crippen LogP contribution < -0.4 is 10.9 Å². The number of rotatable bonds is 5. The lowest BCUT2D eigenvalue weighted by molar-refractivity contribution is -0.113. The van der Waals surface area contributed by atoms with E-state index in [2.05, 4.69) is 20.4 Å². The fourth-order valence-corrected chi connectivity index (χ4v) is 3.35. The molecule has 8 heteroatoms. The quantitative estimate of drug-likeness (QED) is 0.403. The van der Waals surface area contributed by atoms with Gasteiger partial charge < -0.3 is 10.3 Å². The van der Waals surface area contributed by atoms with Crippen LogP contribution in [0.15, 0.2) is 70.7 Å². The SMILES string of the molecule is Cc1ccc(-n2ncc3c(=O)[nH]c(SCC(=O)Nc4ccccc4)nc32)cc1. The largest absolute Gasteiger partial charge is 0.325 e. The van der Waals surface area contributed by atoms with E-state index in [-0.39, 0.29) is 17.2 Å². The molecular weight excluding hydrogens is 374 g/mol. The number of fused-ring (bicyclic) bond motifs is 1. The molecule has 2 N–H and O–H groups in total. The Morgan fingerprint density at radius 1 is 1.14 bits per heavy atom. The molecule has 1 amide bonds. The number of carbonyl (C=O) groups is 1. The van der Waals surface area contributed by atoms with E-state index in [0.29, 0.717) is 16.2 Å². The summed E-state index contributed by atoms with van der Waals surface area (Å²) in [4.78, 5) is 31.7. The second kappa shape index (κ2) is 7.69. The van der Waals surface area contributed by atoms with E-state index in [4.69, 9.17) is 0 Å². The maximum atomic E-state index is 12.4. The summed E-state index contributed by atoms with van der Waals surface area (Å²) >= 11 is 1.17. The van der Waals surface area contributed by atoms with Crippen LogP contribution in [-0.2, 0) is 4.79 Å². The second-order valence-corrected chi connectivity index (χ2v) is 7.17. The second-order valence-electron chi connectivity index (χ2n) is 6.20. The molecule has 4 aromatic rings. The number of aromatic nitrogens is 4. The van der Waals surface area contributed by atoms with Gasteiger partial charge in [0.05, 0.1) is 17.6 Å². The van der Waals surface area contributed by atoms with E-state index in [9.17, 15) is 9.59 Å². The van der Waals surface area contributed by atoms with Crippen molar-refractivity contribution < 1.29 is 4.79 Å². The highest BCUT2D eigenvalue weighted by Crippen LogP contribution is 2.18. The Kier molecular flexibility index (Phi) is 4.94. The van der Waals surface area contributed by atoms with Gasteiger partial charge in [-0.25, -0.2) is 9.67 Å². The molecular formula is C20H17N5O2S. The van der Waals surface area contributed by atoms with Crippen LogP contribution in [0, 0.1) is 6.92 Å². The van der Waals surface area contributed by atoms with E-state index in [1.807, 2.05) is 61.5 Å². The number of carbonyl (C=O) groups excluding carboxylic acids is 1. The summed E-state index contributed by atoms with van der Waals surface area (Å²) in [5.74, 6) is -0.0480. The molecule has 0 unspecified atom stereocenters. The molecule has 0 radical (unpaired) electrons. The minimum Gasteiger partial charge on any atom is -0.325 e. The van der Waals surface area contributed by atoms with Gasteiger partial charge in [-0.1, -0.05) is 47.7 Å². The third-order valence-electron chi connectivity index (χ3n) is 4.09. The first-order valence-electron chi connectivity index (χ1n) is 8.63. The Morgan fingerprint density at radius 2 is 1.89 bits per heavy atom. The van der Waals surface area contributed by atoms with Crippen molar-refractivity contribution in [1.29, 1.82) is 0 Å². The van der Waals surface area contributed by atoms with Crippen molar-refractivity contribution in [3.63, 3.8) is 0 Å². The minimum absolute atomic E-state index is 0.127. The number of hydrogen-bond donors (Lipinski definition) is 2. The minimum atomic E-state index is -0.283. The highest BCUT2D eigenvalue weighted by atomic mass is 32.2. The van der Waals surface area contributed by atoms with Crippen LogP contribution >= 0.6 is 11.8 Å². The van der Waals surface area contributed by atoms with Crippen molar-refractivity contribution in [3.8, 4) is 5.69 Å². The lowest BCUT2D eigenvalue weighted by Crippen LogP contribution is -2.15. The molecule has 0 fully saturated rings. The Morgan fingerprint density at radius 3 is 2.64 bits per heavy atom. The number of H-pyrrole nitrogens is 1. The Bertz CT molecular complexity index is 1180. The maximum Gasteiger partial charge on any atom is 0.262 e. The molecule has 28 heavy (non-hydrogen) atoms. The van der Waals surface area contributed by atoms with Crippen LogP contribution in [0.5, 0.6) is 0 Å². The predicted octanol–water partition coefficient (Wildman–Crippen LogP) is 3.15. The van der Waals surface area contributed by atoms with Crippen molar-refractivity contribution in [2.24, 2.45) is 0 Å². The summed E-state index contributed by atoms with van der Waals surface area (Å²) in [6.07, 6.45) is 1.50. The maximum absolute atomic E-state index is 12.4. The summed E-state index contributed by atoms with van der Waals surface area (Å²) in [6.45, 7) is 2.00. The molecule has 0 bridgehead atoms. The molecule has 4 rings (SSSR count). The van der Waals surface area contributed by atoms with Gasteiger partial charge in [-0.05, 0) is 31.2 Å². The first kappa shape index (κ1) is 18.0. The van der Waals surface area contributed by atoms with Crippen molar-refractivity contribution in [2.75, 3.05) is 11.1 Å². The van der Waals surface area contributed by atoms with Crippen molar-refractivity contribution in [3.05, 3.63) is 76.7 Å². The average Bonchev–Trinajstić information content (AvgIpc) is 3.12. The first-order valence-corrected chi connectivity index (χ1v) is 9.61. The van der Waals surface area contributed by atoms with Gasteiger partial charge in [-0.2, -0.15) is 5.10 Å². The molecule has 0 aliphatic carbocycles. The number of nitrogens with one attached hydrogen (secondary N) is 2. The van der Waals surface area contributed by atoms with Crippen LogP contribution in [0.4, 0.5) is 5.69 Å². The topological polar surface area (TPSA) is 92.7 Å². The van der Waals surface area contributed by atoms with Gasteiger partial charge in [-0.15, -0.1) is 0 Å². The third kappa shape index (κ3) is 3.81. The van der Waals surface area contributed by atoms with E-state index in [1.54, 1.807) is 4.68 Å². The number of hydrogen-bond acceptors (Lipinski definition) is 5. The number of aryl methyl sites for hydroxylation is 1. The van der Waals surface area contributed by atoms with Gasteiger partial charge in [0.15, 0.2) is 10.8 Å². The van der Waals surface area contributed by atoms with Crippen molar-refractivity contribution in [2.45, 2.75) is 12.1 Å². The van der Waals surface area contributed by atoms with Crippen molar-refractivity contribution in [1.82, 2.24) is 19.7 Å². The number of aromatic amines is 1. The van der Waals surface area contributed by atoms with Gasteiger partial charge >= 0.3 is 0 Å². The Hall–Kier alpha value is -3.39. The number of anilines is 1. The van der Waals surface area contributed by atoms with Crippen LogP contribution in [0.1, 0.15) is 5.56 Å². The fraction of sp³-hybridized carbons (Fsp3) is 0.100. The molecule has 140 valence electrons. The van der Waals surface area contributed by atoms with Crippen molar-refractivity contribution >= 4 is 34.4 Å². The van der Waals surface area contributed by atoms with Crippen LogP contribution in [0.25, 0.3) is 16.7 Å². The van der Waals surface area contributed by atoms with Gasteiger partial charge in [-0.3, -0.25) is 9.59 Å². The zero-order valence-electron chi connectivity index (χ0n) is 15.0. The summed E-state index contributed by atoms with van der Waals surface area (Å²) < 4.78 is 1.62. The molecule has 0 atom stereocenters. The van der Waals surface area contributed by atoms with Gasteiger partial charge in [0.1, 0.15) is 5.39 Å². The lowest BCUT2D eigenvalue weighted by Gasteiger charge is -2.06. The molecule has 0 saturated heterocycles. The van der Waals surface area contributed by atoms with Crippen LogP contribution in [0.3, 0.4) is 0 Å². The molecule has 0 aliphatic heterocycles. The summed E-state index contributed by atoms with van der Waals surface area (Å²) in [5.41, 5.74) is 2.85. The molecule has 2 aromatic heterocycles. The fourth-order valence-electron chi connectivity index (χ4n) is 2.69. The van der Waals surface area contributed by atoms with Crippen LogP contribution in [0.2, 0.25) is 0 Å². The normalized spacial score (nSPS) is 10.9. The first-order chi connectivity index (χ1) is 13.6. The monoisotopic (exact) mass is 391 g/mol. The molecule has 2 heterocycles. The standard InChI is InChI=1S/C20H17N5O2S/c1-13-7-9-15(10-8-13)25-18-16(11-21-25)19(27)24-20(23-18)28-12-17(26)22-14-5-3-2-4-6-14/h2-11H,12H2,1H3,(H,22,26)(H,23,24,27). The van der Waals surface area contributed by atoms with E-state index < -0.39 is 0 Å². The van der Waals surface area contributed by atoms with Crippen LogP contribution in [-0.4, -0.2) is 31.4 Å². The van der Waals surface area contributed by atoms with Gasteiger partial charge in [0.2, 0.25) is 5.91 Å². The van der Waals surface area contributed by atoms with E-state index in [0.717, 1.165) is 16.9 Å². The number of thioether (sulfide) groups is 1. The lowest BCUT2D eigenvalue weighted by atomic mass is 10.2. The molecule has 0 saturated carbocycles. The Balaban J connectivity index is 1.56. The molecule has 2 aromatic carbocycles. The van der Waals surface area contributed by atoms with E-state index >= 15 is 0 Å². The zero-order valence-corrected chi connectivity index (χ0v) is 15.9. The number of benzene rings is 2. The Labute approximate surface area is 164 Å². The smallest absolute Gasteiger partial charge is 0.262 e. The molecule has 0 spiro atoms. The third-order valence-corrected chi connectivity index (χ3v) is 4.97. The number of para-hydroxylation sites is 1. The molecule has 7 nitrogen and oxygen atoms in total. The van der Waals surface area contributed by atoms with E-state index in [1.165, 1.54) is 18.0 Å². The average molecular weight is 391 g/mol. The number of nitrogens with zero attached hydrogens (tertiary/aromatic N) is 3. The number of amides is 1. The zero-order chi connectivity index (χ0) is 19.5. The predicted molar refractivity (Wildman–Crippen MR) is 110 cm³/mol. The highest BCUT2D eigenvalue weighted by molar-refractivity contribution is 7.99. The van der Waals surface area contributed by atoms with Gasteiger partial charge in [0, 0.05) is 5.69 Å².